The number of hydrogen-bond donors (Lipinski definition) is 3. The molecule has 0 fully saturated rings. The molecule has 0 amide bonds. The lowest BCUT2D eigenvalue weighted by Gasteiger charge is -2.49. The molecular weight excluding hydrogens is 445 g/mol. The predicted octanol–water partition coefficient (Wildman–Crippen LogP) is 7.49. The van der Waals surface area contributed by atoms with E-state index in [1.54, 1.807) is 13.1 Å². The van der Waals surface area contributed by atoms with E-state index < -0.39 is 23.9 Å². The molecule has 5 nitrogen and oxygen atoms in total. The Morgan fingerprint density at radius 3 is 2.26 bits per heavy atom. The van der Waals surface area contributed by atoms with Crippen molar-refractivity contribution in [2.75, 3.05) is 0 Å². The van der Waals surface area contributed by atoms with Gasteiger partial charge < -0.3 is 15.0 Å². The van der Waals surface area contributed by atoms with Gasteiger partial charge in [-0.2, -0.15) is 0 Å². The molecule has 1 heterocycles. The van der Waals surface area contributed by atoms with Crippen LogP contribution < -0.4 is 0 Å². The Hall–Kier alpha value is -2.36. The number of aliphatic carboxylic acids is 1. The third kappa shape index (κ3) is 4.74. The largest absolute Gasteiger partial charge is 0.481 e. The Balaban J connectivity index is 2.25. The van der Waals surface area contributed by atoms with Crippen molar-refractivity contribution in [2.45, 2.75) is 82.4 Å². The first kappa shape index (κ1) is 26.2. The second-order valence-corrected chi connectivity index (χ2v) is 12.2. The molecule has 1 aromatic heterocycles. The maximum Gasteiger partial charge on any atom is 0.315 e. The van der Waals surface area contributed by atoms with Crippen LogP contribution in [0.25, 0.3) is 10.9 Å². The minimum absolute atomic E-state index is 0.0349. The van der Waals surface area contributed by atoms with Crippen LogP contribution in [0.2, 0.25) is 0 Å². The Bertz CT molecular complexity index is 1140. The lowest BCUT2D eigenvalue weighted by atomic mass is 9.67. The summed E-state index contributed by atoms with van der Waals surface area (Å²) in [6.45, 7) is 5.77. The molecule has 0 spiro atoms. The number of para-hydroxylation sites is 1. The van der Waals surface area contributed by atoms with E-state index in [0.717, 1.165) is 42.1 Å². The third-order valence-electron chi connectivity index (χ3n) is 7.50. The Morgan fingerprint density at radius 2 is 1.62 bits per heavy atom. The summed E-state index contributed by atoms with van der Waals surface area (Å²) in [5.41, 5.74) is 0.626. The molecule has 0 aliphatic carbocycles. The van der Waals surface area contributed by atoms with E-state index in [-0.39, 0.29) is 6.16 Å². The number of aromatic nitrogens is 1. The number of carbonyl (C=O) groups is 1. The van der Waals surface area contributed by atoms with Crippen molar-refractivity contribution in [1.82, 2.24) is 4.98 Å². The molecule has 0 saturated heterocycles. The lowest BCUT2D eigenvalue weighted by molar-refractivity contribution is -0.145. The topological polar surface area (TPSA) is 90.4 Å². The molecule has 6 heteroatoms. The second kappa shape index (κ2) is 10.9. The number of unbranched alkanes of at least 4 members (excludes halogenated alkanes) is 3. The van der Waals surface area contributed by atoms with Gasteiger partial charge >= 0.3 is 5.97 Å². The second-order valence-electron chi connectivity index (χ2n) is 9.62. The molecule has 2 aromatic carbocycles. The molecule has 3 unspecified atom stereocenters. The van der Waals surface area contributed by atoms with Crippen molar-refractivity contribution >= 4 is 24.2 Å². The van der Waals surface area contributed by atoms with E-state index in [4.69, 9.17) is 0 Å². The summed E-state index contributed by atoms with van der Waals surface area (Å²) in [7, 11) is -4.01. The summed E-state index contributed by atoms with van der Waals surface area (Å²) >= 11 is 0. The van der Waals surface area contributed by atoms with Gasteiger partial charge in [-0.1, -0.05) is 94.5 Å². The van der Waals surface area contributed by atoms with Crippen LogP contribution in [0, 0.1) is 0 Å². The molecule has 3 aromatic rings. The zero-order valence-electron chi connectivity index (χ0n) is 20.6. The zero-order chi connectivity index (χ0) is 24.8. The Labute approximate surface area is 203 Å². The van der Waals surface area contributed by atoms with Gasteiger partial charge in [0.15, 0.2) is 0 Å². The van der Waals surface area contributed by atoms with Crippen molar-refractivity contribution in [3.05, 3.63) is 71.9 Å². The van der Waals surface area contributed by atoms with Crippen molar-refractivity contribution in [3.63, 3.8) is 0 Å². The van der Waals surface area contributed by atoms with Gasteiger partial charge in [-0.25, -0.2) is 0 Å². The van der Waals surface area contributed by atoms with Crippen LogP contribution in [0.1, 0.15) is 76.8 Å². The molecular formula is C28H38NO4P. The maximum atomic E-state index is 14.5. The van der Waals surface area contributed by atoms with Crippen LogP contribution in [0.3, 0.4) is 0 Å². The average Bonchev–Trinajstić information content (AvgIpc) is 3.25. The van der Waals surface area contributed by atoms with Crippen LogP contribution in [0.5, 0.6) is 0 Å². The lowest BCUT2D eigenvalue weighted by Crippen LogP contribution is -2.54. The first-order chi connectivity index (χ1) is 16.2. The number of carboxylic acids is 1. The zero-order valence-corrected chi connectivity index (χ0v) is 21.5. The smallest absolute Gasteiger partial charge is 0.315 e. The number of benzene rings is 2. The molecule has 3 N–H and O–H groups in total. The predicted molar refractivity (Wildman–Crippen MR) is 140 cm³/mol. The summed E-state index contributed by atoms with van der Waals surface area (Å²) in [4.78, 5) is 28.3. The Kier molecular flexibility index (Phi) is 8.43. The standard InChI is InChI=1S/C28H38NO4P/c1-4-6-7-13-19-28(18-5-2,34(32,33)21-22-14-9-8-10-15-22)27(3,26(30)31)24-20-29-25-17-12-11-16-23(24)25/h8-12,14-17,20,29H,4-7,13,18-19,21H2,1-3H3,(H,30,31)(H,32,33). The molecule has 34 heavy (non-hydrogen) atoms. The monoisotopic (exact) mass is 483 g/mol. The fraction of sp³-hybridized carbons (Fsp3) is 0.464. The first-order valence-electron chi connectivity index (χ1n) is 12.4. The summed E-state index contributed by atoms with van der Waals surface area (Å²) in [5.74, 6) is -1.05. The van der Waals surface area contributed by atoms with Crippen molar-refractivity contribution in [1.29, 1.82) is 0 Å². The third-order valence-corrected chi connectivity index (χ3v) is 10.5. The van der Waals surface area contributed by atoms with Crippen molar-refractivity contribution in [3.8, 4) is 0 Å². The summed E-state index contributed by atoms with van der Waals surface area (Å²) in [6, 6.07) is 16.9. The highest BCUT2D eigenvalue weighted by Gasteiger charge is 2.63. The van der Waals surface area contributed by atoms with Gasteiger partial charge in [0.25, 0.3) is 0 Å². The molecule has 0 aliphatic rings. The summed E-state index contributed by atoms with van der Waals surface area (Å²) in [6.07, 6.45) is 6.78. The van der Waals surface area contributed by atoms with Gasteiger partial charge in [0, 0.05) is 17.1 Å². The molecule has 3 atom stereocenters. The van der Waals surface area contributed by atoms with Crippen molar-refractivity contribution in [2.24, 2.45) is 0 Å². The van der Waals surface area contributed by atoms with E-state index >= 15 is 0 Å². The fourth-order valence-corrected chi connectivity index (χ4v) is 8.62. The van der Waals surface area contributed by atoms with Gasteiger partial charge in [-0.3, -0.25) is 9.36 Å². The highest BCUT2D eigenvalue weighted by atomic mass is 31.2. The summed E-state index contributed by atoms with van der Waals surface area (Å²) < 4.78 is 14.5. The van der Waals surface area contributed by atoms with E-state index in [1.165, 1.54) is 0 Å². The van der Waals surface area contributed by atoms with E-state index in [0.29, 0.717) is 24.8 Å². The van der Waals surface area contributed by atoms with Crippen LogP contribution >= 0.6 is 7.37 Å². The molecule has 184 valence electrons. The van der Waals surface area contributed by atoms with Gasteiger partial charge in [-0.15, -0.1) is 0 Å². The molecule has 0 radical (unpaired) electrons. The number of carboxylic acid groups (broad SMARTS) is 1. The van der Waals surface area contributed by atoms with E-state index in [2.05, 4.69) is 11.9 Å². The fourth-order valence-electron chi connectivity index (χ4n) is 5.61. The van der Waals surface area contributed by atoms with Gasteiger partial charge in [-0.05, 0) is 37.0 Å². The molecule has 0 aliphatic heterocycles. The summed E-state index contributed by atoms with van der Waals surface area (Å²) in [5, 5.41) is 10.3. The van der Waals surface area contributed by atoms with E-state index in [9.17, 15) is 19.4 Å². The molecule has 3 rings (SSSR count). The number of aromatic amines is 1. The normalized spacial score (nSPS) is 17.1. The highest BCUT2D eigenvalue weighted by Crippen LogP contribution is 2.68. The minimum Gasteiger partial charge on any atom is -0.481 e. The van der Waals surface area contributed by atoms with Crippen molar-refractivity contribution < 1.29 is 19.4 Å². The molecule has 0 saturated carbocycles. The number of nitrogens with one attached hydrogen (secondary N) is 1. The SMILES string of the molecule is CCCCCCC(CCC)(C(C)(C(=O)O)c1c[nH]c2ccccc12)P(=O)(O)Cc1ccccc1. The average molecular weight is 484 g/mol. The molecule has 0 bridgehead atoms. The number of hydrogen-bond acceptors (Lipinski definition) is 2. The van der Waals surface area contributed by atoms with Crippen LogP contribution in [-0.4, -0.2) is 26.1 Å². The number of fused-ring (bicyclic) bond motifs is 1. The number of H-pyrrole nitrogens is 1. The van der Waals surface area contributed by atoms with Crippen LogP contribution in [0.4, 0.5) is 0 Å². The van der Waals surface area contributed by atoms with E-state index in [1.807, 2.05) is 61.5 Å². The quantitative estimate of drug-likeness (QED) is 0.173. The number of rotatable bonds is 13. The van der Waals surface area contributed by atoms with Gasteiger partial charge in [0.2, 0.25) is 7.37 Å². The Morgan fingerprint density at radius 1 is 0.941 bits per heavy atom. The minimum atomic E-state index is -4.01. The van der Waals surface area contributed by atoms with Gasteiger partial charge in [0.05, 0.1) is 11.3 Å². The maximum absolute atomic E-state index is 14.5. The highest BCUT2D eigenvalue weighted by molar-refractivity contribution is 7.59. The van der Waals surface area contributed by atoms with Gasteiger partial charge in [0.1, 0.15) is 5.41 Å². The van der Waals surface area contributed by atoms with Crippen LogP contribution in [0.15, 0.2) is 60.8 Å². The van der Waals surface area contributed by atoms with Crippen LogP contribution in [-0.2, 0) is 20.9 Å². The first-order valence-corrected chi connectivity index (χ1v) is 14.2.